The van der Waals surface area contributed by atoms with Crippen molar-refractivity contribution in [3.8, 4) is 11.8 Å². The normalized spacial score (nSPS) is 8.31. The van der Waals surface area contributed by atoms with E-state index in [0.29, 0.717) is 5.56 Å². The summed E-state index contributed by atoms with van der Waals surface area (Å²) in [5.74, 6) is 4.47. The first kappa shape index (κ1) is 11.7. The molecule has 4 nitrogen and oxygen atoms in total. The number of hydrogen-bond acceptors (Lipinski definition) is 2. The number of nitrogens with zero attached hydrogens (tertiary/aromatic N) is 2. The maximum Gasteiger partial charge on any atom is 0.423 e. The van der Waals surface area contributed by atoms with Gasteiger partial charge in [0.25, 0.3) is 0 Å². The lowest BCUT2D eigenvalue weighted by Gasteiger charge is -1.96. The zero-order chi connectivity index (χ0) is 11.8. The highest BCUT2D eigenvalue weighted by Crippen LogP contribution is 2.00. The van der Waals surface area contributed by atoms with E-state index in [2.05, 4.69) is 16.6 Å². The molecule has 0 aliphatic rings. The third-order valence-corrected chi connectivity index (χ3v) is 1.79. The molecule has 0 atom stereocenters. The van der Waals surface area contributed by atoms with Crippen molar-refractivity contribution in [2.75, 3.05) is 6.61 Å². The molecule has 80 valence electrons. The molecule has 0 heterocycles. The van der Waals surface area contributed by atoms with Gasteiger partial charge in [0, 0.05) is 0 Å². The number of carbonyl (C=O) groups excluding carboxylic acids is 1. The molecule has 0 aliphatic heterocycles. The van der Waals surface area contributed by atoms with E-state index in [1.807, 2.05) is 0 Å². The average Bonchev–Trinajstić information content (AvgIpc) is 2.32. The molecule has 0 saturated heterocycles. The third kappa shape index (κ3) is 3.09. The molecular weight excluding hydrogens is 204 g/mol. The molecular formula is C12H10N2O2. The van der Waals surface area contributed by atoms with Gasteiger partial charge >= 0.3 is 11.7 Å². The fraction of sp³-hybridized carbons (Fsp3) is 0.167. The van der Waals surface area contributed by atoms with Crippen LogP contribution in [0.25, 0.3) is 5.53 Å². The summed E-state index contributed by atoms with van der Waals surface area (Å²) in [4.78, 5) is 14.4. The second-order valence-corrected chi connectivity index (χ2v) is 2.82. The van der Waals surface area contributed by atoms with E-state index in [0.717, 1.165) is 0 Å². The van der Waals surface area contributed by atoms with Crippen LogP contribution < -0.4 is 0 Å². The second-order valence-electron chi connectivity index (χ2n) is 2.82. The smallest absolute Gasteiger partial charge is 0.423 e. The molecule has 0 bridgehead atoms. The Bertz CT molecular complexity index is 477. The van der Waals surface area contributed by atoms with E-state index in [9.17, 15) is 4.79 Å². The molecule has 0 aromatic heterocycles. The van der Waals surface area contributed by atoms with E-state index >= 15 is 0 Å². The number of hydrogen-bond donors (Lipinski definition) is 0. The predicted octanol–water partition coefficient (Wildman–Crippen LogP) is 1.27. The first-order valence-electron chi connectivity index (χ1n) is 4.63. The fourth-order valence-electron chi connectivity index (χ4n) is 1.05. The van der Waals surface area contributed by atoms with Crippen LogP contribution in [0.1, 0.15) is 12.5 Å². The SMILES string of the molecule is CC#CCOC(=O)C(=[N+]=[N-])c1ccccc1. The Morgan fingerprint density at radius 1 is 1.44 bits per heavy atom. The van der Waals surface area contributed by atoms with Gasteiger partial charge in [-0.05, 0) is 19.1 Å². The number of carbonyl (C=O) groups is 1. The minimum atomic E-state index is -0.698. The highest BCUT2D eigenvalue weighted by Gasteiger charge is 2.23. The molecule has 4 heteroatoms. The maximum absolute atomic E-state index is 11.5. The van der Waals surface area contributed by atoms with E-state index in [1.54, 1.807) is 37.3 Å². The number of benzene rings is 1. The summed E-state index contributed by atoms with van der Waals surface area (Å²) in [5.41, 5.74) is 9.13. The van der Waals surface area contributed by atoms with Crippen LogP contribution in [0, 0.1) is 11.8 Å². The molecule has 0 aliphatic carbocycles. The van der Waals surface area contributed by atoms with E-state index < -0.39 is 5.97 Å². The van der Waals surface area contributed by atoms with Crippen LogP contribution in [0.5, 0.6) is 0 Å². The van der Waals surface area contributed by atoms with Gasteiger partial charge in [0.15, 0.2) is 6.61 Å². The van der Waals surface area contributed by atoms with Gasteiger partial charge in [0.2, 0.25) is 0 Å². The highest BCUT2D eigenvalue weighted by atomic mass is 16.5. The summed E-state index contributed by atoms with van der Waals surface area (Å²) in [6, 6.07) is 8.58. The maximum atomic E-state index is 11.5. The third-order valence-electron chi connectivity index (χ3n) is 1.79. The zero-order valence-corrected chi connectivity index (χ0v) is 8.80. The molecule has 0 saturated carbocycles. The summed E-state index contributed by atoms with van der Waals surface area (Å²) in [5, 5.41) is 0. The van der Waals surface area contributed by atoms with E-state index in [1.165, 1.54) is 0 Å². The molecule has 0 amide bonds. The Morgan fingerprint density at radius 3 is 2.69 bits per heavy atom. The molecule has 16 heavy (non-hydrogen) atoms. The predicted molar refractivity (Wildman–Crippen MR) is 58.6 cm³/mol. The van der Waals surface area contributed by atoms with Crippen molar-refractivity contribution >= 4 is 11.7 Å². The molecule has 1 rings (SSSR count). The average molecular weight is 214 g/mol. The van der Waals surface area contributed by atoms with Crippen molar-refractivity contribution in [3.05, 3.63) is 41.4 Å². The van der Waals surface area contributed by atoms with Gasteiger partial charge in [-0.3, -0.25) is 0 Å². The van der Waals surface area contributed by atoms with Crippen LogP contribution >= 0.6 is 0 Å². The van der Waals surface area contributed by atoms with Crippen molar-refractivity contribution in [2.24, 2.45) is 0 Å². The molecule has 0 N–H and O–H groups in total. The lowest BCUT2D eigenvalue weighted by atomic mass is 10.1. The van der Waals surface area contributed by atoms with Gasteiger partial charge < -0.3 is 10.3 Å². The lowest BCUT2D eigenvalue weighted by Crippen LogP contribution is -2.19. The molecule has 0 unspecified atom stereocenters. The van der Waals surface area contributed by atoms with Crippen LogP contribution in [0.2, 0.25) is 0 Å². The monoisotopic (exact) mass is 214 g/mol. The minimum Gasteiger partial charge on any atom is -0.444 e. The van der Waals surface area contributed by atoms with Crippen LogP contribution in [0.15, 0.2) is 30.3 Å². The van der Waals surface area contributed by atoms with Crippen molar-refractivity contribution in [1.29, 1.82) is 0 Å². The number of ether oxygens (including phenoxy) is 1. The Balaban J connectivity index is 2.80. The first-order valence-corrected chi connectivity index (χ1v) is 4.63. The summed E-state index contributed by atoms with van der Waals surface area (Å²) >= 11 is 0. The Kier molecular flexibility index (Phi) is 4.52. The number of esters is 1. The van der Waals surface area contributed by atoms with Crippen molar-refractivity contribution in [3.63, 3.8) is 0 Å². The Labute approximate surface area is 93.5 Å². The van der Waals surface area contributed by atoms with Crippen LogP contribution in [-0.4, -0.2) is 23.1 Å². The molecule has 0 spiro atoms. The van der Waals surface area contributed by atoms with Crippen LogP contribution in [0.4, 0.5) is 0 Å². The van der Waals surface area contributed by atoms with Crippen molar-refractivity contribution in [2.45, 2.75) is 6.92 Å². The van der Waals surface area contributed by atoms with Gasteiger partial charge in [-0.1, -0.05) is 24.1 Å². The minimum absolute atomic E-state index is 0.0127. The van der Waals surface area contributed by atoms with Gasteiger partial charge in [-0.15, -0.1) is 5.92 Å². The Morgan fingerprint density at radius 2 is 2.12 bits per heavy atom. The van der Waals surface area contributed by atoms with Crippen LogP contribution in [-0.2, 0) is 9.53 Å². The number of rotatable bonds is 3. The molecule has 0 fully saturated rings. The van der Waals surface area contributed by atoms with Gasteiger partial charge in [0.1, 0.15) is 0 Å². The van der Waals surface area contributed by atoms with Gasteiger partial charge in [0.05, 0.1) is 5.56 Å². The second kappa shape index (κ2) is 6.18. The van der Waals surface area contributed by atoms with Crippen molar-refractivity contribution < 1.29 is 14.3 Å². The van der Waals surface area contributed by atoms with Gasteiger partial charge in [-0.2, -0.15) is 4.79 Å². The van der Waals surface area contributed by atoms with Crippen LogP contribution in [0.3, 0.4) is 0 Å². The Hall–Kier alpha value is -2.37. The zero-order valence-electron chi connectivity index (χ0n) is 8.80. The quantitative estimate of drug-likeness (QED) is 0.250. The topological polar surface area (TPSA) is 62.7 Å². The van der Waals surface area contributed by atoms with E-state index in [4.69, 9.17) is 10.3 Å². The summed E-state index contributed by atoms with van der Waals surface area (Å²) < 4.78 is 4.79. The molecule has 1 aromatic carbocycles. The largest absolute Gasteiger partial charge is 0.444 e. The lowest BCUT2D eigenvalue weighted by molar-refractivity contribution is -0.138. The summed E-state index contributed by atoms with van der Waals surface area (Å²) in [6.45, 7) is 1.63. The highest BCUT2D eigenvalue weighted by molar-refractivity contribution is 6.40. The fourth-order valence-corrected chi connectivity index (χ4v) is 1.05. The molecule has 0 radical (unpaired) electrons. The first-order chi connectivity index (χ1) is 7.79. The summed E-state index contributed by atoms with van der Waals surface area (Å²) in [7, 11) is 0. The van der Waals surface area contributed by atoms with Gasteiger partial charge in [-0.25, -0.2) is 4.79 Å². The van der Waals surface area contributed by atoms with E-state index in [-0.39, 0.29) is 12.3 Å². The molecule has 1 aromatic rings. The summed E-state index contributed by atoms with van der Waals surface area (Å²) in [6.07, 6.45) is 0. The van der Waals surface area contributed by atoms with Crippen molar-refractivity contribution in [1.82, 2.24) is 0 Å². The standard InChI is InChI=1S/C12H10N2O2/c1-2-3-9-16-12(15)11(14-13)10-7-5-4-6-8-10/h4-8H,9H2,1H3.